The third-order valence-corrected chi connectivity index (χ3v) is 5.60. The Bertz CT molecular complexity index is 1240. The van der Waals surface area contributed by atoms with Crippen molar-refractivity contribution < 1.29 is 0 Å². The zero-order valence-corrected chi connectivity index (χ0v) is 15.9. The third-order valence-electron chi connectivity index (χ3n) is 4.73. The molecule has 0 saturated heterocycles. The first kappa shape index (κ1) is 16.1. The Morgan fingerprint density at radius 1 is 0.815 bits per heavy atom. The van der Waals surface area contributed by atoms with Gasteiger partial charge in [0, 0.05) is 5.69 Å². The molecular formula is C22H18N4S. The first-order valence-electron chi connectivity index (χ1n) is 9.00. The summed E-state index contributed by atoms with van der Waals surface area (Å²) in [5.74, 6) is 1.38. The van der Waals surface area contributed by atoms with Crippen LogP contribution in [0.25, 0.3) is 38.7 Å². The highest BCUT2D eigenvalue weighted by atomic mass is 32.1. The van der Waals surface area contributed by atoms with Crippen LogP contribution in [0.2, 0.25) is 0 Å². The standard InChI is InChI=1S/C22H18N4S/c1-14(2)15-9-11-16(12-10-15)26-21(19-8-5-13-27-19)25-20-22(26)24-18-7-4-3-6-17(18)23-20/h3-14H,1-2H3. The average molecular weight is 370 g/mol. The highest BCUT2D eigenvalue weighted by Crippen LogP contribution is 2.31. The molecule has 3 heterocycles. The van der Waals surface area contributed by atoms with Gasteiger partial charge >= 0.3 is 0 Å². The Morgan fingerprint density at radius 2 is 1.56 bits per heavy atom. The smallest absolute Gasteiger partial charge is 0.199 e. The van der Waals surface area contributed by atoms with Gasteiger partial charge in [-0.05, 0) is 47.2 Å². The monoisotopic (exact) mass is 370 g/mol. The van der Waals surface area contributed by atoms with E-state index >= 15 is 0 Å². The summed E-state index contributed by atoms with van der Waals surface area (Å²) in [6, 6.07) is 20.7. The molecule has 4 nitrogen and oxygen atoms in total. The minimum Gasteiger partial charge on any atom is -0.275 e. The lowest BCUT2D eigenvalue weighted by atomic mass is 10.0. The summed E-state index contributed by atoms with van der Waals surface area (Å²) >= 11 is 1.67. The van der Waals surface area contributed by atoms with E-state index in [0.717, 1.165) is 33.1 Å². The van der Waals surface area contributed by atoms with E-state index < -0.39 is 0 Å². The fourth-order valence-corrected chi connectivity index (χ4v) is 3.98. The molecule has 5 heteroatoms. The normalized spacial score (nSPS) is 11.7. The second-order valence-electron chi connectivity index (χ2n) is 6.85. The Morgan fingerprint density at radius 3 is 2.22 bits per heavy atom. The Labute approximate surface area is 161 Å². The van der Waals surface area contributed by atoms with Crippen LogP contribution in [0.4, 0.5) is 0 Å². The molecule has 5 aromatic rings. The molecule has 0 N–H and O–H groups in total. The van der Waals surface area contributed by atoms with Gasteiger partial charge < -0.3 is 0 Å². The first-order chi connectivity index (χ1) is 13.2. The van der Waals surface area contributed by atoms with E-state index in [0.29, 0.717) is 11.6 Å². The molecule has 0 aliphatic rings. The van der Waals surface area contributed by atoms with E-state index in [-0.39, 0.29) is 0 Å². The van der Waals surface area contributed by atoms with Gasteiger partial charge in [0.15, 0.2) is 17.1 Å². The number of aromatic nitrogens is 4. The van der Waals surface area contributed by atoms with E-state index in [9.17, 15) is 0 Å². The highest BCUT2D eigenvalue weighted by Gasteiger charge is 2.18. The molecule has 27 heavy (non-hydrogen) atoms. The average Bonchev–Trinajstić information content (AvgIpc) is 3.33. The van der Waals surface area contributed by atoms with Crippen molar-refractivity contribution in [1.82, 2.24) is 19.5 Å². The van der Waals surface area contributed by atoms with Crippen molar-refractivity contribution in [3.8, 4) is 16.4 Å². The zero-order chi connectivity index (χ0) is 18.4. The Kier molecular flexibility index (Phi) is 3.76. The van der Waals surface area contributed by atoms with Gasteiger partial charge in [0.1, 0.15) is 0 Å². The van der Waals surface area contributed by atoms with Crippen LogP contribution in [-0.4, -0.2) is 19.5 Å². The largest absolute Gasteiger partial charge is 0.275 e. The van der Waals surface area contributed by atoms with Crippen molar-refractivity contribution in [3.63, 3.8) is 0 Å². The molecule has 0 saturated carbocycles. The number of benzene rings is 2. The van der Waals surface area contributed by atoms with E-state index in [1.165, 1.54) is 5.56 Å². The molecule has 0 amide bonds. The third kappa shape index (κ3) is 2.71. The lowest BCUT2D eigenvalue weighted by Gasteiger charge is -2.10. The van der Waals surface area contributed by atoms with Gasteiger partial charge in [-0.3, -0.25) is 4.57 Å². The maximum absolute atomic E-state index is 4.88. The SMILES string of the molecule is CC(C)c1ccc(-n2c(-c3cccs3)nc3nc4ccccc4nc32)cc1. The summed E-state index contributed by atoms with van der Waals surface area (Å²) in [5, 5.41) is 2.07. The highest BCUT2D eigenvalue weighted by molar-refractivity contribution is 7.13. The zero-order valence-electron chi connectivity index (χ0n) is 15.1. The summed E-state index contributed by atoms with van der Waals surface area (Å²) in [5.41, 5.74) is 5.57. The lowest BCUT2D eigenvalue weighted by molar-refractivity contribution is 0.865. The summed E-state index contributed by atoms with van der Waals surface area (Å²) in [6.45, 7) is 4.41. The molecule has 0 radical (unpaired) electrons. The van der Waals surface area contributed by atoms with Crippen LogP contribution in [0, 0.1) is 0 Å². The second-order valence-corrected chi connectivity index (χ2v) is 7.80. The molecule has 2 aromatic carbocycles. The van der Waals surface area contributed by atoms with Gasteiger partial charge in [-0.15, -0.1) is 11.3 Å². The number of thiophene rings is 1. The number of para-hydroxylation sites is 2. The van der Waals surface area contributed by atoms with Gasteiger partial charge in [0.2, 0.25) is 0 Å². The van der Waals surface area contributed by atoms with Crippen molar-refractivity contribution in [1.29, 1.82) is 0 Å². The number of rotatable bonds is 3. The van der Waals surface area contributed by atoms with E-state index in [1.807, 2.05) is 30.3 Å². The van der Waals surface area contributed by atoms with Crippen LogP contribution in [0.15, 0.2) is 66.0 Å². The first-order valence-corrected chi connectivity index (χ1v) is 9.88. The maximum Gasteiger partial charge on any atom is 0.199 e. The minimum absolute atomic E-state index is 0.499. The van der Waals surface area contributed by atoms with Crippen LogP contribution < -0.4 is 0 Å². The van der Waals surface area contributed by atoms with Gasteiger partial charge in [0.25, 0.3) is 0 Å². The summed E-state index contributed by atoms with van der Waals surface area (Å²) in [7, 11) is 0. The van der Waals surface area contributed by atoms with Crippen LogP contribution in [-0.2, 0) is 0 Å². The summed E-state index contributed by atoms with van der Waals surface area (Å²) in [6.07, 6.45) is 0. The molecule has 0 aliphatic carbocycles. The predicted molar refractivity (Wildman–Crippen MR) is 112 cm³/mol. The molecule has 3 aromatic heterocycles. The lowest BCUT2D eigenvalue weighted by Crippen LogP contribution is -1.99. The number of nitrogens with zero attached hydrogens (tertiary/aromatic N) is 4. The summed E-state index contributed by atoms with van der Waals surface area (Å²) < 4.78 is 2.12. The van der Waals surface area contributed by atoms with Crippen molar-refractivity contribution in [2.45, 2.75) is 19.8 Å². The van der Waals surface area contributed by atoms with Crippen molar-refractivity contribution >= 4 is 33.7 Å². The molecule has 5 rings (SSSR count). The fourth-order valence-electron chi connectivity index (χ4n) is 3.28. The van der Waals surface area contributed by atoms with Crippen LogP contribution >= 0.6 is 11.3 Å². The Balaban J connectivity index is 1.81. The second kappa shape index (κ2) is 6.28. The molecule has 0 aliphatic heterocycles. The molecule has 0 fully saturated rings. The molecule has 0 spiro atoms. The quantitative estimate of drug-likeness (QED) is 0.402. The van der Waals surface area contributed by atoms with Crippen LogP contribution in [0.3, 0.4) is 0 Å². The van der Waals surface area contributed by atoms with Crippen molar-refractivity contribution in [2.75, 3.05) is 0 Å². The number of imidazole rings is 1. The summed E-state index contributed by atoms with van der Waals surface area (Å²) in [4.78, 5) is 15.6. The van der Waals surface area contributed by atoms with Gasteiger partial charge in [-0.2, -0.15) is 0 Å². The van der Waals surface area contributed by atoms with E-state index in [4.69, 9.17) is 15.0 Å². The van der Waals surface area contributed by atoms with Gasteiger partial charge in [0.05, 0.1) is 15.9 Å². The Hall–Kier alpha value is -3.05. The van der Waals surface area contributed by atoms with Crippen LogP contribution in [0.1, 0.15) is 25.3 Å². The molecule has 0 atom stereocenters. The van der Waals surface area contributed by atoms with E-state index in [1.54, 1.807) is 11.3 Å². The molecule has 132 valence electrons. The number of fused-ring (bicyclic) bond motifs is 2. The molecular weight excluding hydrogens is 352 g/mol. The van der Waals surface area contributed by atoms with Crippen molar-refractivity contribution in [2.24, 2.45) is 0 Å². The maximum atomic E-state index is 4.88. The minimum atomic E-state index is 0.499. The van der Waals surface area contributed by atoms with Gasteiger partial charge in [-0.1, -0.05) is 44.2 Å². The van der Waals surface area contributed by atoms with Gasteiger partial charge in [-0.25, -0.2) is 15.0 Å². The molecule has 0 unspecified atom stereocenters. The number of hydrogen-bond acceptors (Lipinski definition) is 4. The van der Waals surface area contributed by atoms with E-state index in [2.05, 4.69) is 54.1 Å². The molecule has 0 bridgehead atoms. The van der Waals surface area contributed by atoms with Crippen molar-refractivity contribution in [3.05, 3.63) is 71.6 Å². The predicted octanol–water partition coefficient (Wildman–Crippen LogP) is 5.82. The topological polar surface area (TPSA) is 43.6 Å². The number of hydrogen-bond donors (Lipinski definition) is 0. The van der Waals surface area contributed by atoms with Crippen LogP contribution in [0.5, 0.6) is 0 Å². The fraction of sp³-hybridized carbons (Fsp3) is 0.136.